The summed E-state index contributed by atoms with van der Waals surface area (Å²) in [6.07, 6.45) is 0.997. The van der Waals surface area contributed by atoms with Gasteiger partial charge in [0.15, 0.2) is 0 Å². The van der Waals surface area contributed by atoms with Crippen molar-refractivity contribution in [1.82, 2.24) is 0 Å². The van der Waals surface area contributed by atoms with Gasteiger partial charge in [0, 0.05) is 4.47 Å². The summed E-state index contributed by atoms with van der Waals surface area (Å²) in [5, 5.41) is 0. The molecular formula is C11H13BrFN. The molecule has 2 rings (SSSR count). The van der Waals surface area contributed by atoms with Gasteiger partial charge in [-0.2, -0.15) is 0 Å². The van der Waals surface area contributed by atoms with E-state index < -0.39 is 0 Å². The van der Waals surface area contributed by atoms with Gasteiger partial charge in [-0.15, -0.1) is 0 Å². The van der Waals surface area contributed by atoms with Crippen LogP contribution in [0.2, 0.25) is 0 Å². The van der Waals surface area contributed by atoms with Crippen LogP contribution in [-0.2, 0) is 5.41 Å². The Morgan fingerprint density at radius 2 is 2.36 bits per heavy atom. The molecule has 0 radical (unpaired) electrons. The van der Waals surface area contributed by atoms with Crippen LogP contribution in [0.4, 0.5) is 4.39 Å². The molecule has 0 aromatic heterocycles. The van der Waals surface area contributed by atoms with Crippen LogP contribution in [0.15, 0.2) is 22.7 Å². The molecule has 2 unspecified atom stereocenters. The van der Waals surface area contributed by atoms with Gasteiger partial charge in [-0.25, -0.2) is 4.39 Å². The fourth-order valence-electron chi connectivity index (χ4n) is 2.06. The first-order chi connectivity index (χ1) is 6.58. The van der Waals surface area contributed by atoms with Gasteiger partial charge in [0.2, 0.25) is 0 Å². The summed E-state index contributed by atoms with van der Waals surface area (Å²) >= 11 is 3.36. The molecule has 0 spiro atoms. The normalized spacial score (nSPS) is 30.4. The number of halogens is 2. The van der Waals surface area contributed by atoms with Crippen molar-refractivity contribution < 1.29 is 4.39 Å². The zero-order chi connectivity index (χ0) is 10.3. The Morgan fingerprint density at radius 3 is 2.93 bits per heavy atom. The first-order valence-electron chi connectivity index (χ1n) is 4.73. The molecule has 1 aromatic rings. The van der Waals surface area contributed by atoms with Crippen LogP contribution in [0.25, 0.3) is 0 Å². The molecular weight excluding hydrogens is 245 g/mol. The summed E-state index contributed by atoms with van der Waals surface area (Å²) in [6.45, 7) is 2.72. The van der Waals surface area contributed by atoms with Crippen LogP contribution in [-0.4, -0.2) is 6.54 Å². The average molecular weight is 258 g/mol. The molecule has 1 aromatic carbocycles. The first-order valence-corrected chi connectivity index (χ1v) is 5.53. The van der Waals surface area contributed by atoms with E-state index in [2.05, 4.69) is 22.9 Å². The summed E-state index contributed by atoms with van der Waals surface area (Å²) in [5.74, 6) is 0.318. The zero-order valence-corrected chi connectivity index (χ0v) is 9.64. The molecule has 0 saturated heterocycles. The second-order valence-corrected chi connectivity index (χ2v) is 5.09. The van der Waals surface area contributed by atoms with Gasteiger partial charge < -0.3 is 5.73 Å². The Kier molecular flexibility index (Phi) is 2.40. The Balaban J connectivity index is 2.38. The summed E-state index contributed by atoms with van der Waals surface area (Å²) in [4.78, 5) is 0. The van der Waals surface area contributed by atoms with Gasteiger partial charge >= 0.3 is 0 Å². The molecule has 0 heterocycles. The van der Waals surface area contributed by atoms with E-state index in [0.29, 0.717) is 12.5 Å². The Hall–Kier alpha value is -0.410. The Bertz CT molecular complexity index is 366. The highest BCUT2D eigenvalue weighted by Gasteiger charge is 2.51. The summed E-state index contributed by atoms with van der Waals surface area (Å²) in [7, 11) is 0. The van der Waals surface area contributed by atoms with Crippen LogP contribution >= 0.6 is 15.9 Å². The lowest BCUT2D eigenvalue weighted by Crippen LogP contribution is -2.13. The van der Waals surface area contributed by atoms with Crippen molar-refractivity contribution in [2.75, 3.05) is 6.54 Å². The maximum atomic E-state index is 13.6. The van der Waals surface area contributed by atoms with Crippen molar-refractivity contribution in [3.63, 3.8) is 0 Å². The van der Waals surface area contributed by atoms with Crippen molar-refractivity contribution in [1.29, 1.82) is 0 Å². The standard InChI is InChI=1S/C11H13BrFN/c1-11(5-7(11)6-14)9-4-8(12)2-3-10(9)13/h2-4,7H,5-6,14H2,1H3. The van der Waals surface area contributed by atoms with Crippen LogP contribution in [0.5, 0.6) is 0 Å². The quantitative estimate of drug-likeness (QED) is 0.867. The molecule has 76 valence electrons. The van der Waals surface area contributed by atoms with Gasteiger partial charge in [0.1, 0.15) is 5.82 Å². The minimum atomic E-state index is -0.119. The van der Waals surface area contributed by atoms with Crippen LogP contribution in [0, 0.1) is 11.7 Å². The summed E-state index contributed by atoms with van der Waals surface area (Å²) in [5.41, 5.74) is 6.36. The third kappa shape index (κ3) is 1.48. The lowest BCUT2D eigenvalue weighted by molar-refractivity contribution is 0.565. The van der Waals surface area contributed by atoms with Gasteiger partial charge in [-0.05, 0) is 48.1 Å². The summed E-state index contributed by atoms with van der Waals surface area (Å²) < 4.78 is 14.5. The molecule has 2 atom stereocenters. The maximum Gasteiger partial charge on any atom is 0.127 e. The second kappa shape index (κ2) is 3.31. The molecule has 14 heavy (non-hydrogen) atoms. The van der Waals surface area contributed by atoms with Crippen molar-refractivity contribution in [3.8, 4) is 0 Å². The SMILES string of the molecule is CC1(c2cc(Br)ccc2F)CC1CN. The number of rotatable bonds is 2. The van der Waals surface area contributed by atoms with E-state index in [9.17, 15) is 4.39 Å². The number of hydrogen-bond acceptors (Lipinski definition) is 1. The smallest absolute Gasteiger partial charge is 0.127 e. The van der Waals surface area contributed by atoms with E-state index in [1.807, 2.05) is 6.07 Å². The number of benzene rings is 1. The van der Waals surface area contributed by atoms with E-state index in [-0.39, 0.29) is 11.2 Å². The van der Waals surface area contributed by atoms with E-state index in [1.165, 1.54) is 6.07 Å². The second-order valence-electron chi connectivity index (χ2n) is 4.18. The van der Waals surface area contributed by atoms with Gasteiger partial charge in [-0.1, -0.05) is 22.9 Å². The fraction of sp³-hybridized carbons (Fsp3) is 0.455. The monoisotopic (exact) mass is 257 g/mol. The van der Waals surface area contributed by atoms with Crippen molar-refractivity contribution in [3.05, 3.63) is 34.1 Å². The lowest BCUT2D eigenvalue weighted by atomic mass is 9.95. The molecule has 1 aliphatic carbocycles. The highest BCUT2D eigenvalue weighted by Crippen LogP contribution is 2.54. The third-order valence-electron chi connectivity index (χ3n) is 3.24. The van der Waals surface area contributed by atoms with Gasteiger partial charge in [0.05, 0.1) is 0 Å². The van der Waals surface area contributed by atoms with Crippen molar-refractivity contribution in [2.24, 2.45) is 11.7 Å². The van der Waals surface area contributed by atoms with Crippen LogP contribution in [0.1, 0.15) is 18.9 Å². The van der Waals surface area contributed by atoms with Gasteiger partial charge in [0.25, 0.3) is 0 Å². The molecule has 1 fully saturated rings. The fourth-order valence-corrected chi connectivity index (χ4v) is 2.42. The molecule has 0 aliphatic heterocycles. The Labute approximate surface area is 91.6 Å². The number of hydrogen-bond donors (Lipinski definition) is 1. The topological polar surface area (TPSA) is 26.0 Å². The summed E-state index contributed by atoms with van der Waals surface area (Å²) in [6, 6.07) is 5.10. The van der Waals surface area contributed by atoms with E-state index in [4.69, 9.17) is 5.73 Å². The molecule has 0 bridgehead atoms. The largest absolute Gasteiger partial charge is 0.330 e. The highest BCUT2D eigenvalue weighted by molar-refractivity contribution is 9.10. The predicted molar refractivity (Wildman–Crippen MR) is 58.6 cm³/mol. The first kappa shape index (κ1) is 10.1. The molecule has 1 aliphatic rings. The third-order valence-corrected chi connectivity index (χ3v) is 3.73. The zero-order valence-electron chi connectivity index (χ0n) is 8.06. The molecule has 0 amide bonds. The van der Waals surface area contributed by atoms with Gasteiger partial charge in [-0.3, -0.25) is 0 Å². The van der Waals surface area contributed by atoms with Crippen molar-refractivity contribution in [2.45, 2.75) is 18.8 Å². The predicted octanol–water partition coefficient (Wildman–Crippen LogP) is 2.82. The maximum absolute atomic E-state index is 13.6. The lowest BCUT2D eigenvalue weighted by Gasteiger charge is -2.12. The van der Waals surface area contributed by atoms with E-state index >= 15 is 0 Å². The number of nitrogens with two attached hydrogens (primary N) is 1. The van der Waals surface area contributed by atoms with Crippen molar-refractivity contribution >= 4 is 15.9 Å². The minimum Gasteiger partial charge on any atom is -0.330 e. The van der Waals surface area contributed by atoms with E-state index in [1.54, 1.807) is 6.07 Å². The van der Waals surface area contributed by atoms with Crippen LogP contribution in [0.3, 0.4) is 0 Å². The molecule has 1 nitrogen and oxygen atoms in total. The molecule has 3 heteroatoms. The highest BCUT2D eigenvalue weighted by atomic mass is 79.9. The Morgan fingerprint density at radius 1 is 1.64 bits per heavy atom. The van der Waals surface area contributed by atoms with Crippen LogP contribution < -0.4 is 5.73 Å². The van der Waals surface area contributed by atoms with E-state index in [0.717, 1.165) is 16.5 Å². The molecule has 2 N–H and O–H groups in total. The molecule has 1 saturated carbocycles. The average Bonchev–Trinajstić information content (AvgIpc) is 2.83. The minimum absolute atomic E-state index is 0.0391.